The lowest BCUT2D eigenvalue weighted by Crippen LogP contribution is -2.13. The summed E-state index contributed by atoms with van der Waals surface area (Å²) < 4.78 is 10.7. The van der Waals surface area contributed by atoms with Crippen molar-refractivity contribution < 1.29 is 9.47 Å². The van der Waals surface area contributed by atoms with Crippen LogP contribution in [-0.2, 0) is 6.54 Å². The molecule has 0 aliphatic carbocycles. The third-order valence-corrected chi connectivity index (χ3v) is 2.08. The molecule has 0 aliphatic heterocycles. The van der Waals surface area contributed by atoms with Crippen LogP contribution in [0.1, 0.15) is 12.5 Å². The topological polar surface area (TPSA) is 30.5 Å². The second-order valence-electron chi connectivity index (χ2n) is 3.23. The molecule has 1 aromatic carbocycles. The minimum atomic E-state index is 0. The van der Waals surface area contributed by atoms with Gasteiger partial charge in [0.25, 0.3) is 0 Å². The fourth-order valence-electron chi connectivity index (χ4n) is 1.38. The van der Waals surface area contributed by atoms with Gasteiger partial charge in [0, 0.05) is 6.54 Å². The van der Waals surface area contributed by atoms with Gasteiger partial charge in [0.1, 0.15) is 0 Å². The molecule has 0 aliphatic rings. The van der Waals surface area contributed by atoms with E-state index in [-0.39, 0.29) is 12.4 Å². The number of methoxy groups -OCH3 is 1. The average molecular weight is 256 g/mol. The summed E-state index contributed by atoms with van der Waals surface area (Å²) in [5.41, 5.74) is 1.12. The molecule has 0 fully saturated rings. The molecule has 0 amide bonds. The second kappa shape index (κ2) is 8.74. The summed E-state index contributed by atoms with van der Waals surface area (Å²) in [7, 11) is 1.64. The zero-order chi connectivity index (χ0) is 11.8. The number of nitrogens with one attached hydrogen (secondary N) is 1. The van der Waals surface area contributed by atoms with Crippen LogP contribution in [0.4, 0.5) is 0 Å². The van der Waals surface area contributed by atoms with Crippen LogP contribution in [0.3, 0.4) is 0 Å². The monoisotopic (exact) mass is 255 g/mol. The van der Waals surface area contributed by atoms with Crippen molar-refractivity contribution in [1.29, 1.82) is 0 Å². The van der Waals surface area contributed by atoms with E-state index in [9.17, 15) is 0 Å². The summed E-state index contributed by atoms with van der Waals surface area (Å²) in [4.78, 5) is 0. The maximum atomic E-state index is 5.43. The van der Waals surface area contributed by atoms with E-state index in [1.807, 2.05) is 25.1 Å². The van der Waals surface area contributed by atoms with Crippen LogP contribution in [0.2, 0.25) is 0 Å². The summed E-state index contributed by atoms with van der Waals surface area (Å²) in [5, 5.41) is 3.12. The molecule has 1 rings (SSSR count). The number of terminal acetylenes is 1. The Bertz CT molecular complexity index is 374. The van der Waals surface area contributed by atoms with Crippen molar-refractivity contribution >= 4 is 12.4 Å². The van der Waals surface area contributed by atoms with Gasteiger partial charge in [-0.25, -0.2) is 0 Å². The predicted molar refractivity (Wildman–Crippen MR) is 72.0 cm³/mol. The van der Waals surface area contributed by atoms with Crippen molar-refractivity contribution in [2.24, 2.45) is 0 Å². The van der Waals surface area contributed by atoms with Gasteiger partial charge in [0.05, 0.1) is 20.3 Å². The fourth-order valence-corrected chi connectivity index (χ4v) is 1.38. The quantitative estimate of drug-likeness (QED) is 0.625. The molecule has 0 spiro atoms. The first-order valence-corrected chi connectivity index (χ1v) is 5.25. The Balaban J connectivity index is 0.00000256. The molecule has 0 heterocycles. The molecule has 0 atom stereocenters. The van der Waals surface area contributed by atoms with E-state index in [1.54, 1.807) is 7.11 Å². The van der Waals surface area contributed by atoms with E-state index in [0.29, 0.717) is 13.2 Å². The van der Waals surface area contributed by atoms with Crippen LogP contribution in [0.25, 0.3) is 0 Å². The Morgan fingerprint density at radius 3 is 2.71 bits per heavy atom. The van der Waals surface area contributed by atoms with E-state index < -0.39 is 0 Å². The Morgan fingerprint density at radius 1 is 1.35 bits per heavy atom. The molecular formula is C13H18ClNO2. The van der Waals surface area contributed by atoms with Crippen LogP contribution in [0.15, 0.2) is 18.2 Å². The normalized spacial score (nSPS) is 9.00. The minimum absolute atomic E-state index is 0. The van der Waals surface area contributed by atoms with Crippen molar-refractivity contribution in [2.75, 3.05) is 20.3 Å². The number of hydrogen-bond acceptors (Lipinski definition) is 3. The van der Waals surface area contributed by atoms with E-state index in [0.717, 1.165) is 23.6 Å². The van der Waals surface area contributed by atoms with Crippen molar-refractivity contribution in [3.05, 3.63) is 23.8 Å². The highest BCUT2D eigenvalue weighted by molar-refractivity contribution is 5.85. The molecule has 3 nitrogen and oxygen atoms in total. The van der Waals surface area contributed by atoms with Gasteiger partial charge in [0.2, 0.25) is 0 Å². The lowest BCUT2D eigenvalue weighted by atomic mass is 10.2. The Labute approximate surface area is 109 Å². The van der Waals surface area contributed by atoms with Gasteiger partial charge in [-0.05, 0) is 24.6 Å². The molecule has 0 bridgehead atoms. The fraction of sp³-hybridized carbons (Fsp3) is 0.385. The predicted octanol–water partition coefficient (Wildman–Crippen LogP) is 2.24. The minimum Gasteiger partial charge on any atom is -0.493 e. The summed E-state index contributed by atoms with van der Waals surface area (Å²) in [6, 6.07) is 5.86. The average Bonchev–Trinajstić information content (AvgIpc) is 2.31. The van der Waals surface area contributed by atoms with Gasteiger partial charge in [-0.15, -0.1) is 18.8 Å². The van der Waals surface area contributed by atoms with Gasteiger partial charge < -0.3 is 14.8 Å². The van der Waals surface area contributed by atoms with Gasteiger partial charge in [0.15, 0.2) is 11.5 Å². The third-order valence-electron chi connectivity index (χ3n) is 2.08. The number of benzene rings is 1. The largest absolute Gasteiger partial charge is 0.493 e. The van der Waals surface area contributed by atoms with E-state index >= 15 is 0 Å². The first-order valence-electron chi connectivity index (χ1n) is 5.25. The SMILES string of the molecule is C#CCNCc1ccc(OCC)c(OC)c1.Cl. The van der Waals surface area contributed by atoms with Crippen LogP contribution in [0, 0.1) is 12.3 Å². The van der Waals surface area contributed by atoms with Gasteiger partial charge in [-0.3, -0.25) is 0 Å². The third kappa shape index (κ3) is 4.99. The number of hydrogen-bond donors (Lipinski definition) is 1. The van der Waals surface area contributed by atoms with Gasteiger partial charge in [-0.1, -0.05) is 12.0 Å². The van der Waals surface area contributed by atoms with Crippen LogP contribution >= 0.6 is 12.4 Å². The molecule has 0 saturated carbocycles. The standard InChI is InChI=1S/C13H17NO2.ClH/c1-4-8-14-10-11-6-7-12(16-5-2)13(9-11)15-3;/h1,6-7,9,14H,5,8,10H2,2-3H3;1H. The van der Waals surface area contributed by atoms with E-state index in [2.05, 4.69) is 11.2 Å². The molecule has 4 heteroatoms. The van der Waals surface area contributed by atoms with Crippen molar-refractivity contribution in [3.63, 3.8) is 0 Å². The Hall–Kier alpha value is -1.37. The molecule has 17 heavy (non-hydrogen) atoms. The Kier molecular flexibility index (Phi) is 8.04. The molecule has 94 valence electrons. The van der Waals surface area contributed by atoms with E-state index in [1.165, 1.54) is 0 Å². The highest BCUT2D eigenvalue weighted by Gasteiger charge is 2.04. The summed E-state index contributed by atoms with van der Waals surface area (Å²) in [6.07, 6.45) is 5.16. The van der Waals surface area contributed by atoms with Crippen LogP contribution in [-0.4, -0.2) is 20.3 Å². The van der Waals surface area contributed by atoms with Crippen molar-refractivity contribution in [1.82, 2.24) is 5.32 Å². The zero-order valence-corrected chi connectivity index (χ0v) is 11.0. The maximum Gasteiger partial charge on any atom is 0.161 e. The number of ether oxygens (including phenoxy) is 2. The van der Waals surface area contributed by atoms with Crippen LogP contribution in [0.5, 0.6) is 11.5 Å². The number of halogens is 1. The van der Waals surface area contributed by atoms with Crippen molar-refractivity contribution in [3.8, 4) is 23.8 Å². The maximum absolute atomic E-state index is 5.43. The molecule has 1 aromatic rings. The van der Waals surface area contributed by atoms with Crippen LogP contribution < -0.4 is 14.8 Å². The first-order chi connectivity index (χ1) is 7.81. The molecule has 0 saturated heterocycles. The Morgan fingerprint density at radius 2 is 2.12 bits per heavy atom. The second-order valence-corrected chi connectivity index (χ2v) is 3.23. The highest BCUT2D eigenvalue weighted by atomic mass is 35.5. The van der Waals surface area contributed by atoms with Gasteiger partial charge >= 0.3 is 0 Å². The lowest BCUT2D eigenvalue weighted by molar-refractivity contribution is 0.310. The molecular weight excluding hydrogens is 238 g/mol. The van der Waals surface area contributed by atoms with E-state index in [4.69, 9.17) is 15.9 Å². The highest BCUT2D eigenvalue weighted by Crippen LogP contribution is 2.27. The molecule has 0 radical (unpaired) electrons. The van der Waals surface area contributed by atoms with Crippen molar-refractivity contribution in [2.45, 2.75) is 13.5 Å². The molecule has 1 N–H and O–H groups in total. The molecule has 0 unspecified atom stereocenters. The smallest absolute Gasteiger partial charge is 0.161 e. The summed E-state index contributed by atoms with van der Waals surface area (Å²) >= 11 is 0. The lowest BCUT2D eigenvalue weighted by Gasteiger charge is -2.10. The summed E-state index contributed by atoms with van der Waals surface area (Å²) in [6.45, 7) is 3.87. The zero-order valence-electron chi connectivity index (χ0n) is 10.2. The first kappa shape index (κ1) is 15.6. The van der Waals surface area contributed by atoms with Gasteiger partial charge in [-0.2, -0.15) is 0 Å². The summed E-state index contributed by atoms with van der Waals surface area (Å²) in [5.74, 6) is 4.05. The molecule has 0 aromatic heterocycles. The number of rotatable bonds is 6.